The lowest BCUT2D eigenvalue weighted by molar-refractivity contribution is 0.184. The molecule has 0 bridgehead atoms. The minimum absolute atomic E-state index is 0.507. The fourth-order valence-corrected chi connectivity index (χ4v) is 3.49. The molecule has 0 aliphatic carbocycles. The maximum Gasteiger partial charge on any atom is 0.0391 e. The van der Waals surface area contributed by atoms with Crippen LogP contribution in [0.25, 0.3) is 0 Å². The lowest BCUT2D eigenvalue weighted by Crippen LogP contribution is -2.33. The first-order chi connectivity index (χ1) is 9.52. The summed E-state index contributed by atoms with van der Waals surface area (Å²) in [4.78, 5) is 2.61. The summed E-state index contributed by atoms with van der Waals surface area (Å²) in [6, 6.07) is 10.4. The molecule has 2 unspecified atom stereocenters. The second kappa shape index (κ2) is 6.73. The summed E-state index contributed by atoms with van der Waals surface area (Å²) in [5.74, 6) is 1.32. The molecule has 2 atom stereocenters. The quantitative estimate of drug-likeness (QED) is 0.888. The van der Waals surface area contributed by atoms with Gasteiger partial charge in [-0.1, -0.05) is 38.1 Å². The Morgan fingerprint density at radius 3 is 2.30 bits per heavy atom. The topological polar surface area (TPSA) is 29.3 Å². The second-order valence-electron chi connectivity index (χ2n) is 6.90. The van der Waals surface area contributed by atoms with E-state index in [1.54, 1.807) is 0 Å². The van der Waals surface area contributed by atoms with E-state index in [0.717, 1.165) is 12.5 Å². The Hall–Kier alpha value is -0.860. The summed E-state index contributed by atoms with van der Waals surface area (Å²) in [5, 5.41) is 0. The van der Waals surface area contributed by atoms with Gasteiger partial charge in [0.2, 0.25) is 0 Å². The Morgan fingerprint density at radius 2 is 1.80 bits per heavy atom. The Labute approximate surface area is 124 Å². The third-order valence-electron chi connectivity index (χ3n) is 4.49. The van der Waals surface area contributed by atoms with Crippen molar-refractivity contribution in [2.45, 2.75) is 52.6 Å². The molecule has 1 fully saturated rings. The molecule has 1 aromatic rings. The summed E-state index contributed by atoms with van der Waals surface area (Å²) in [5.41, 5.74) is 8.88. The first kappa shape index (κ1) is 15.5. The van der Waals surface area contributed by atoms with Crippen LogP contribution in [0.4, 0.5) is 0 Å². The van der Waals surface area contributed by atoms with Crippen LogP contribution >= 0.6 is 0 Å². The number of likely N-dealkylation sites (tertiary alicyclic amines) is 1. The van der Waals surface area contributed by atoms with Crippen LogP contribution in [0.5, 0.6) is 0 Å². The molecular formula is C18H30N2. The molecule has 20 heavy (non-hydrogen) atoms. The maximum atomic E-state index is 5.99. The minimum atomic E-state index is 0.507. The number of benzene rings is 1. The summed E-state index contributed by atoms with van der Waals surface area (Å²) < 4.78 is 0. The van der Waals surface area contributed by atoms with Gasteiger partial charge in [0.05, 0.1) is 0 Å². The second-order valence-corrected chi connectivity index (χ2v) is 6.90. The maximum absolute atomic E-state index is 5.99. The van der Waals surface area contributed by atoms with Crippen molar-refractivity contribution in [3.63, 3.8) is 0 Å². The van der Waals surface area contributed by atoms with Crippen LogP contribution < -0.4 is 5.73 Å². The highest BCUT2D eigenvalue weighted by molar-refractivity contribution is 5.27. The van der Waals surface area contributed by atoms with Crippen molar-refractivity contribution in [1.82, 2.24) is 4.90 Å². The van der Waals surface area contributed by atoms with Gasteiger partial charge >= 0.3 is 0 Å². The Balaban J connectivity index is 2.19. The Bertz CT molecular complexity index is 408. The van der Waals surface area contributed by atoms with Crippen molar-refractivity contribution in [2.24, 2.45) is 17.6 Å². The number of nitrogens with zero attached hydrogens (tertiary/aromatic N) is 1. The van der Waals surface area contributed by atoms with Gasteiger partial charge in [0.15, 0.2) is 0 Å². The molecule has 2 nitrogen and oxygen atoms in total. The lowest BCUT2D eigenvalue weighted by atomic mass is 9.92. The molecule has 112 valence electrons. The van der Waals surface area contributed by atoms with E-state index in [1.807, 2.05) is 0 Å². The number of hydrogen-bond acceptors (Lipinski definition) is 2. The van der Waals surface area contributed by atoms with Gasteiger partial charge in [-0.25, -0.2) is 0 Å². The molecule has 2 N–H and O–H groups in total. The molecule has 1 aliphatic heterocycles. The molecule has 1 aromatic carbocycles. The van der Waals surface area contributed by atoms with Crippen molar-refractivity contribution < 1.29 is 0 Å². The fourth-order valence-electron chi connectivity index (χ4n) is 3.49. The highest BCUT2D eigenvalue weighted by atomic mass is 15.2. The SMILES string of the molecule is CC(C)Cc1ccc(C2C(CN)CCN2C(C)C)cc1. The van der Waals surface area contributed by atoms with Crippen LogP contribution in [0, 0.1) is 11.8 Å². The first-order valence-corrected chi connectivity index (χ1v) is 8.07. The molecular weight excluding hydrogens is 244 g/mol. The summed E-state index contributed by atoms with van der Waals surface area (Å²) in [7, 11) is 0. The van der Waals surface area contributed by atoms with Gasteiger partial charge in [0.25, 0.3) is 0 Å². The minimum Gasteiger partial charge on any atom is -0.330 e. The van der Waals surface area contributed by atoms with E-state index in [4.69, 9.17) is 5.73 Å². The van der Waals surface area contributed by atoms with Crippen molar-refractivity contribution in [3.8, 4) is 0 Å². The van der Waals surface area contributed by atoms with E-state index in [0.29, 0.717) is 18.0 Å². The average Bonchev–Trinajstić information content (AvgIpc) is 2.83. The van der Waals surface area contributed by atoms with E-state index in [2.05, 4.69) is 56.9 Å². The molecule has 0 amide bonds. The van der Waals surface area contributed by atoms with Crippen molar-refractivity contribution in [3.05, 3.63) is 35.4 Å². The zero-order valence-electron chi connectivity index (χ0n) is 13.5. The third kappa shape index (κ3) is 3.42. The van der Waals surface area contributed by atoms with Gasteiger partial charge in [-0.05, 0) is 62.7 Å². The molecule has 0 radical (unpaired) electrons. The first-order valence-electron chi connectivity index (χ1n) is 8.07. The molecule has 1 saturated heterocycles. The monoisotopic (exact) mass is 274 g/mol. The molecule has 2 rings (SSSR count). The fraction of sp³-hybridized carbons (Fsp3) is 0.667. The predicted octanol–water partition coefficient (Wildman–Crippen LogP) is 3.62. The van der Waals surface area contributed by atoms with Crippen LogP contribution in [-0.2, 0) is 6.42 Å². The van der Waals surface area contributed by atoms with Crippen LogP contribution in [0.3, 0.4) is 0 Å². The zero-order chi connectivity index (χ0) is 14.7. The van der Waals surface area contributed by atoms with Gasteiger partial charge in [-0.15, -0.1) is 0 Å². The smallest absolute Gasteiger partial charge is 0.0391 e. The largest absolute Gasteiger partial charge is 0.330 e. The zero-order valence-corrected chi connectivity index (χ0v) is 13.5. The van der Waals surface area contributed by atoms with Crippen LogP contribution in [-0.4, -0.2) is 24.0 Å². The van der Waals surface area contributed by atoms with Gasteiger partial charge in [-0.3, -0.25) is 4.90 Å². The predicted molar refractivity (Wildman–Crippen MR) is 86.7 cm³/mol. The van der Waals surface area contributed by atoms with Crippen LogP contribution in [0.15, 0.2) is 24.3 Å². The number of hydrogen-bond donors (Lipinski definition) is 1. The molecule has 0 aromatic heterocycles. The standard InChI is InChI=1S/C18H30N2/c1-13(2)11-15-5-7-16(8-6-15)18-17(12-19)9-10-20(18)14(3)4/h5-8,13-14,17-18H,9-12,19H2,1-4H3. The van der Waals surface area contributed by atoms with E-state index in [9.17, 15) is 0 Å². The van der Waals surface area contributed by atoms with Crippen LogP contribution in [0.2, 0.25) is 0 Å². The molecule has 1 aliphatic rings. The van der Waals surface area contributed by atoms with Crippen LogP contribution in [0.1, 0.15) is 51.3 Å². The summed E-state index contributed by atoms with van der Waals surface area (Å²) >= 11 is 0. The van der Waals surface area contributed by atoms with Crippen molar-refractivity contribution in [2.75, 3.05) is 13.1 Å². The van der Waals surface area contributed by atoms with Gasteiger partial charge in [0.1, 0.15) is 0 Å². The normalized spacial score (nSPS) is 23.9. The van der Waals surface area contributed by atoms with E-state index < -0.39 is 0 Å². The van der Waals surface area contributed by atoms with E-state index >= 15 is 0 Å². The number of nitrogens with two attached hydrogens (primary N) is 1. The highest BCUT2D eigenvalue weighted by Gasteiger charge is 2.35. The van der Waals surface area contributed by atoms with E-state index in [1.165, 1.54) is 30.5 Å². The van der Waals surface area contributed by atoms with Gasteiger partial charge in [0, 0.05) is 12.1 Å². The van der Waals surface area contributed by atoms with Gasteiger partial charge < -0.3 is 5.73 Å². The van der Waals surface area contributed by atoms with Gasteiger partial charge in [-0.2, -0.15) is 0 Å². The van der Waals surface area contributed by atoms with Crippen molar-refractivity contribution in [1.29, 1.82) is 0 Å². The third-order valence-corrected chi connectivity index (χ3v) is 4.49. The summed E-state index contributed by atoms with van der Waals surface area (Å²) in [6.07, 6.45) is 2.40. The average molecular weight is 274 g/mol. The van der Waals surface area contributed by atoms with Crippen molar-refractivity contribution >= 4 is 0 Å². The lowest BCUT2D eigenvalue weighted by Gasteiger charge is -2.31. The number of rotatable bonds is 5. The summed E-state index contributed by atoms with van der Waals surface area (Å²) in [6.45, 7) is 11.1. The highest BCUT2D eigenvalue weighted by Crippen LogP contribution is 2.38. The Morgan fingerprint density at radius 1 is 1.15 bits per heavy atom. The molecule has 1 heterocycles. The molecule has 0 spiro atoms. The van der Waals surface area contributed by atoms with E-state index in [-0.39, 0.29) is 0 Å². The molecule has 2 heteroatoms. The molecule has 0 saturated carbocycles. The Kier molecular flexibility index (Phi) is 5.22.